The molecule has 3 rings (SSSR count). The van der Waals surface area contributed by atoms with Gasteiger partial charge in [-0.15, -0.1) is 10.2 Å². The minimum Gasteiger partial charge on any atom is -0.495 e. The molecular weight excluding hydrogens is 485 g/mol. The number of methoxy groups -OCH3 is 1. The van der Waals surface area contributed by atoms with E-state index in [1.54, 1.807) is 19.2 Å². The predicted octanol–water partition coefficient (Wildman–Crippen LogP) is 4.58. The fourth-order valence-corrected chi connectivity index (χ4v) is 4.13. The van der Waals surface area contributed by atoms with Crippen LogP contribution in [-0.4, -0.2) is 39.4 Å². The van der Waals surface area contributed by atoms with E-state index in [0.717, 1.165) is 5.56 Å². The summed E-state index contributed by atoms with van der Waals surface area (Å²) in [6.45, 7) is 4.64. The summed E-state index contributed by atoms with van der Waals surface area (Å²) in [6, 6.07) is 10.2. The molecule has 33 heavy (non-hydrogen) atoms. The van der Waals surface area contributed by atoms with E-state index in [-0.39, 0.29) is 24.1 Å². The highest BCUT2D eigenvalue weighted by atomic mass is 35.5. The van der Waals surface area contributed by atoms with Gasteiger partial charge in [-0.25, -0.2) is 0 Å². The molecule has 0 radical (unpaired) electrons. The second-order valence-electron chi connectivity index (χ2n) is 7.00. The van der Waals surface area contributed by atoms with Crippen LogP contribution in [0.25, 0.3) is 0 Å². The quantitative estimate of drug-likeness (QED) is 0.411. The first-order chi connectivity index (χ1) is 15.8. The molecule has 11 heteroatoms. The van der Waals surface area contributed by atoms with Gasteiger partial charge >= 0.3 is 0 Å². The molecule has 0 aliphatic rings. The molecule has 0 spiro atoms. The second-order valence-corrected chi connectivity index (χ2v) is 8.75. The minimum absolute atomic E-state index is 0.144. The molecular formula is C22H23Cl2N5O3S. The number of benzene rings is 2. The van der Waals surface area contributed by atoms with Crippen LogP contribution in [0.5, 0.6) is 5.75 Å². The third kappa shape index (κ3) is 6.40. The number of nitrogens with one attached hydrogen (secondary N) is 2. The van der Waals surface area contributed by atoms with Gasteiger partial charge in [0.1, 0.15) is 5.75 Å². The van der Waals surface area contributed by atoms with Crippen LogP contribution in [0.3, 0.4) is 0 Å². The Hall–Kier alpha value is -2.75. The van der Waals surface area contributed by atoms with Crippen molar-refractivity contribution in [3.63, 3.8) is 0 Å². The van der Waals surface area contributed by atoms with Gasteiger partial charge < -0.3 is 19.9 Å². The van der Waals surface area contributed by atoms with Crippen molar-refractivity contribution >= 4 is 52.5 Å². The van der Waals surface area contributed by atoms with Crippen LogP contribution in [-0.2, 0) is 17.9 Å². The van der Waals surface area contributed by atoms with Crippen LogP contribution in [0, 0.1) is 6.92 Å². The fourth-order valence-electron chi connectivity index (χ4n) is 3.01. The van der Waals surface area contributed by atoms with Crippen molar-refractivity contribution in [2.24, 2.45) is 0 Å². The molecule has 0 unspecified atom stereocenters. The van der Waals surface area contributed by atoms with Gasteiger partial charge in [-0.1, -0.05) is 41.0 Å². The number of carbonyl (C=O) groups excluding carboxylic acids is 2. The molecule has 0 aliphatic heterocycles. The largest absolute Gasteiger partial charge is 0.495 e. The first kappa shape index (κ1) is 24.9. The third-order valence-electron chi connectivity index (χ3n) is 4.66. The lowest BCUT2D eigenvalue weighted by molar-refractivity contribution is -0.113. The molecule has 1 aromatic heterocycles. The maximum atomic E-state index is 12.5. The van der Waals surface area contributed by atoms with Crippen molar-refractivity contribution in [2.75, 3.05) is 18.2 Å². The van der Waals surface area contributed by atoms with E-state index in [0.29, 0.717) is 44.6 Å². The van der Waals surface area contributed by atoms with Gasteiger partial charge in [0.05, 0.1) is 35.1 Å². The van der Waals surface area contributed by atoms with Gasteiger partial charge in [0.15, 0.2) is 11.0 Å². The number of aromatic nitrogens is 3. The molecule has 0 saturated heterocycles. The zero-order valence-electron chi connectivity index (χ0n) is 18.3. The lowest BCUT2D eigenvalue weighted by Crippen LogP contribution is -2.24. The molecule has 2 amide bonds. The van der Waals surface area contributed by atoms with E-state index >= 15 is 0 Å². The Morgan fingerprint density at radius 3 is 2.61 bits per heavy atom. The highest BCUT2D eigenvalue weighted by Crippen LogP contribution is 2.26. The van der Waals surface area contributed by atoms with E-state index < -0.39 is 0 Å². The number of carbonyl (C=O) groups is 2. The number of rotatable bonds is 9. The Morgan fingerprint density at radius 1 is 1.12 bits per heavy atom. The number of hydrogen-bond acceptors (Lipinski definition) is 6. The number of ether oxygens (including phenoxy) is 1. The molecule has 1 heterocycles. The van der Waals surface area contributed by atoms with Gasteiger partial charge in [0.25, 0.3) is 5.91 Å². The van der Waals surface area contributed by atoms with Crippen LogP contribution in [0.15, 0.2) is 41.6 Å². The summed E-state index contributed by atoms with van der Waals surface area (Å²) in [7, 11) is 1.56. The summed E-state index contributed by atoms with van der Waals surface area (Å²) in [5.74, 6) is 0.819. The minimum atomic E-state index is -0.306. The number of halogens is 2. The average molecular weight is 508 g/mol. The van der Waals surface area contributed by atoms with E-state index in [1.165, 1.54) is 17.8 Å². The standard InChI is InChI=1S/C22H23Cl2N5O3S/c1-4-29-19(11-25-21(31)14-6-7-15(23)16(24)10-14)27-28-22(29)33-12-20(30)26-17-9-13(2)5-8-18(17)32-3/h5-10H,4,11-12H2,1-3H3,(H,25,31)(H,26,30). The van der Waals surface area contributed by atoms with Gasteiger partial charge in [0, 0.05) is 12.1 Å². The Morgan fingerprint density at radius 2 is 1.91 bits per heavy atom. The first-order valence-electron chi connectivity index (χ1n) is 10.0. The summed E-state index contributed by atoms with van der Waals surface area (Å²) >= 11 is 13.1. The van der Waals surface area contributed by atoms with Gasteiger partial charge in [-0.3, -0.25) is 9.59 Å². The SMILES string of the molecule is CCn1c(CNC(=O)c2ccc(Cl)c(Cl)c2)nnc1SCC(=O)Nc1cc(C)ccc1OC. The Bertz CT molecular complexity index is 1170. The van der Waals surface area contributed by atoms with E-state index in [4.69, 9.17) is 27.9 Å². The molecule has 3 aromatic rings. The van der Waals surface area contributed by atoms with E-state index in [9.17, 15) is 9.59 Å². The van der Waals surface area contributed by atoms with Crippen LogP contribution in [0.2, 0.25) is 10.0 Å². The Labute approximate surface area is 206 Å². The molecule has 2 N–H and O–H groups in total. The maximum Gasteiger partial charge on any atom is 0.251 e. The first-order valence-corrected chi connectivity index (χ1v) is 11.8. The zero-order valence-corrected chi connectivity index (χ0v) is 20.6. The lowest BCUT2D eigenvalue weighted by Gasteiger charge is -2.11. The normalized spacial score (nSPS) is 10.7. The van der Waals surface area contributed by atoms with Crippen molar-refractivity contribution in [1.82, 2.24) is 20.1 Å². The van der Waals surface area contributed by atoms with Crippen LogP contribution in [0.1, 0.15) is 28.7 Å². The zero-order chi connectivity index (χ0) is 24.0. The highest BCUT2D eigenvalue weighted by Gasteiger charge is 2.16. The Kier molecular flexibility index (Phi) is 8.60. The third-order valence-corrected chi connectivity index (χ3v) is 6.37. The van der Waals surface area contributed by atoms with Crippen molar-refractivity contribution < 1.29 is 14.3 Å². The maximum absolute atomic E-state index is 12.5. The highest BCUT2D eigenvalue weighted by molar-refractivity contribution is 7.99. The number of hydrogen-bond donors (Lipinski definition) is 2. The number of aryl methyl sites for hydroxylation is 1. The molecule has 8 nitrogen and oxygen atoms in total. The average Bonchev–Trinajstić information content (AvgIpc) is 3.19. The molecule has 0 fully saturated rings. The topological polar surface area (TPSA) is 98.1 Å². The van der Waals surface area contributed by atoms with Crippen molar-refractivity contribution in [2.45, 2.75) is 32.1 Å². The Balaban J connectivity index is 1.60. The smallest absolute Gasteiger partial charge is 0.251 e. The van der Waals surface area contributed by atoms with E-state index in [1.807, 2.05) is 36.6 Å². The molecule has 174 valence electrons. The molecule has 2 aromatic carbocycles. The van der Waals surface area contributed by atoms with Crippen LogP contribution < -0.4 is 15.4 Å². The van der Waals surface area contributed by atoms with E-state index in [2.05, 4.69) is 20.8 Å². The van der Waals surface area contributed by atoms with Crippen molar-refractivity contribution in [3.05, 3.63) is 63.4 Å². The lowest BCUT2D eigenvalue weighted by atomic mass is 10.2. The van der Waals surface area contributed by atoms with Gasteiger partial charge in [-0.05, 0) is 49.7 Å². The molecule has 0 aliphatic carbocycles. The van der Waals surface area contributed by atoms with Crippen LogP contribution in [0.4, 0.5) is 5.69 Å². The van der Waals surface area contributed by atoms with Crippen molar-refractivity contribution in [3.8, 4) is 5.75 Å². The predicted molar refractivity (Wildman–Crippen MR) is 130 cm³/mol. The second kappa shape index (κ2) is 11.4. The summed E-state index contributed by atoms with van der Waals surface area (Å²) < 4.78 is 7.15. The number of amides is 2. The number of anilines is 1. The fraction of sp³-hybridized carbons (Fsp3) is 0.273. The number of thioether (sulfide) groups is 1. The van der Waals surface area contributed by atoms with Gasteiger partial charge in [0.2, 0.25) is 5.91 Å². The molecule has 0 atom stereocenters. The summed E-state index contributed by atoms with van der Waals surface area (Å²) in [6.07, 6.45) is 0. The molecule has 0 saturated carbocycles. The van der Waals surface area contributed by atoms with Crippen LogP contribution >= 0.6 is 35.0 Å². The summed E-state index contributed by atoms with van der Waals surface area (Å²) in [4.78, 5) is 24.9. The summed E-state index contributed by atoms with van der Waals surface area (Å²) in [5.41, 5.74) is 2.02. The van der Waals surface area contributed by atoms with Gasteiger partial charge in [-0.2, -0.15) is 0 Å². The monoisotopic (exact) mass is 507 g/mol. The number of nitrogens with zero attached hydrogens (tertiary/aromatic N) is 3. The van der Waals surface area contributed by atoms with Crippen molar-refractivity contribution in [1.29, 1.82) is 0 Å². The molecule has 0 bridgehead atoms. The summed E-state index contributed by atoms with van der Waals surface area (Å²) in [5, 5.41) is 15.3.